The first kappa shape index (κ1) is 23.0. The van der Waals surface area contributed by atoms with E-state index in [1.807, 2.05) is 6.07 Å². The Morgan fingerprint density at radius 2 is 1.54 bits per heavy atom. The van der Waals surface area contributed by atoms with Gasteiger partial charge >= 0.3 is 5.97 Å². The van der Waals surface area contributed by atoms with E-state index in [1.165, 1.54) is 14.2 Å². The second-order valence-electron chi connectivity index (χ2n) is 8.79. The highest BCUT2D eigenvalue weighted by Gasteiger charge is 2.75. The van der Waals surface area contributed by atoms with Crippen LogP contribution in [-0.2, 0) is 10.4 Å². The molecule has 8 heteroatoms. The fourth-order valence-corrected chi connectivity index (χ4v) is 5.81. The highest BCUT2D eigenvalue weighted by Crippen LogP contribution is 2.71. The first-order chi connectivity index (χ1) is 16.8. The normalized spacial score (nSPS) is 25.8. The van der Waals surface area contributed by atoms with Crippen LogP contribution in [0.2, 0.25) is 0 Å². The average molecular weight is 478 g/mol. The summed E-state index contributed by atoms with van der Waals surface area (Å²) in [6.07, 6.45) is 0. The van der Waals surface area contributed by atoms with Crippen LogP contribution in [0.5, 0.6) is 23.0 Å². The molecule has 1 heterocycles. The molecule has 182 valence electrons. The summed E-state index contributed by atoms with van der Waals surface area (Å²) in [6.45, 7) is 0. The van der Waals surface area contributed by atoms with Crippen LogP contribution in [0.3, 0.4) is 0 Å². The Morgan fingerprint density at radius 1 is 0.886 bits per heavy atom. The van der Waals surface area contributed by atoms with Gasteiger partial charge in [-0.25, -0.2) is 0 Å². The molecule has 0 aromatic heterocycles. The van der Waals surface area contributed by atoms with E-state index >= 15 is 0 Å². The zero-order valence-electron chi connectivity index (χ0n) is 19.5. The number of methoxy groups -OCH3 is 3. The minimum atomic E-state index is -2.68. The minimum Gasteiger partial charge on any atom is -0.497 e. The van der Waals surface area contributed by atoms with Crippen molar-refractivity contribution >= 4 is 5.97 Å². The molecule has 0 bridgehead atoms. The molecular formula is C27H26O8. The van der Waals surface area contributed by atoms with Crippen LogP contribution in [0, 0.1) is 5.92 Å². The second-order valence-corrected chi connectivity index (χ2v) is 8.79. The predicted molar refractivity (Wildman–Crippen MR) is 125 cm³/mol. The molecule has 0 saturated heterocycles. The van der Waals surface area contributed by atoms with Crippen LogP contribution in [0.1, 0.15) is 28.5 Å². The van der Waals surface area contributed by atoms with Crippen molar-refractivity contribution in [1.29, 1.82) is 0 Å². The van der Waals surface area contributed by atoms with Gasteiger partial charge in [-0.15, -0.1) is 0 Å². The first-order valence-corrected chi connectivity index (χ1v) is 11.1. The molecule has 1 fully saturated rings. The molecule has 1 aliphatic heterocycles. The van der Waals surface area contributed by atoms with Gasteiger partial charge < -0.3 is 34.3 Å². The summed E-state index contributed by atoms with van der Waals surface area (Å²) in [6, 6.07) is 19.2. The summed E-state index contributed by atoms with van der Waals surface area (Å²) in [5, 5.41) is 33.5. The summed E-state index contributed by atoms with van der Waals surface area (Å²) < 4.78 is 23.0. The van der Waals surface area contributed by atoms with Gasteiger partial charge in [0.1, 0.15) is 28.9 Å². The van der Waals surface area contributed by atoms with Crippen molar-refractivity contribution in [2.24, 2.45) is 5.92 Å². The summed E-state index contributed by atoms with van der Waals surface area (Å²) in [5.74, 6) is -6.08. The number of aliphatic hydroxyl groups is 2. The lowest BCUT2D eigenvalue weighted by molar-refractivity contribution is -0.210. The SMILES string of the molecule is COc1ccc(C23Oc4cc(OC)cc(OC)c4C2C(O)(O)C(C(=O)O)C3c2ccccc2)cc1. The van der Waals surface area contributed by atoms with Gasteiger partial charge in [-0.1, -0.05) is 42.5 Å². The third-order valence-corrected chi connectivity index (χ3v) is 7.17. The standard InChI is InChI=1S/C27H26O8/c1-32-17-11-9-16(10-12-17)26-22(15-7-5-4-6-8-15)23(25(28)29)27(30,31)24(26)21-19(34-3)13-18(33-2)14-20(21)35-26/h4-14,22-24,30-31H,1-3H3,(H,28,29). The summed E-state index contributed by atoms with van der Waals surface area (Å²) >= 11 is 0. The van der Waals surface area contributed by atoms with E-state index in [0.717, 1.165) is 0 Å². The fourth-order valence-electron chi connectivity index (χ4n) is 5.81. The van der Waals surface area contributed by atoms with E-state index in [1.54, 1.807) is 67.8 Å². The van der Waals surface area contributed by atoms with E-state index in [9.17, 15) is 20.1 Å². The van der Waals surface area contributed by atoms with Crippen LogP contribution in [0.4, 0.5) is 0 Å². The van der Waals surface area contributed by atoms with Crippen LogP contribution >= 0.6 is 0 Å². The second kappa shape index (κ2) is 8.18. The lowest BCUT2D eigenvalue weighted by Crippen LogP contribution is -2.44. The Bertz CT molecular complexity index is 1250. The largest absolute Gasteiger partial charge is 0.497 e. The van der Waals surface area contributed by atoms with Gasteiger partial charge in [0.15, 0.2) is 11.4 Å². The maximum Gasteiger partial charge on any atom is 0.312 e. The zero-order chi connectivity index (χ0) is 25.0. The number of hydrogen-bond acceptors (Lipinski definition) is 7. The van der Waals surface area contributed by atoms with E-state index in [2.05, 4.69) is 0 Å². The van der Waals surface area contributed by atoms with Crippen LogP contribution in [0.15, 0.2) is 66.7 Å². The smallest absolute Gasteiger partial charge is 0.312 e. The number of carboxylic acids is 1. The van der Waals surface area contributed by atoms with Gasteiger partial charge in [0.2, 0.25) is 0 Å². The molecule has 1 saturated carbocycles. The Labute approximate surface area is 202 Å². The molecule has 3 aromatic carbocycles. The highest BCUT2D eigenvalue weighted by atomic mass is 16.5. The number of benzene rings is 3. The van der Waals surface area contributed by atoms with Crippen molar-refractivity contribution in [2.75, 3.05) is 21.3 Å². The molecule has 2 aliphatic rings. The number of hydrogen-bond donors (Lipinski definition) is 3. The van der Waals surface area contributed by atoms with Gasteiger partial charge in [-0.2, -0.15) is 0 Å². The molecule has 1 aliphatic carbocycles. The molecule has 4 unspecified atom stereocenters. The van der Waals surface area contributed by atoms with Crippen LogP contribution in [-0.4, -0.2) is 48.4 Å². The number of aliphatic carboxylic acids is 1. The van der Waals surface area contributed by atoms with Crippen LogP contribution < -0.4 is 18.9 Å². The van der Waals surface area contributed by atoms with Crippen LogP contribution in [0.25, 0.3) is 0 Å². The van der Waals surface area contributed by atoms with Crippen molar-refractivity contribution in [3.8, 4) is 23.0 Å². The highest BCUT2D eigenvalue weighted by molar-refractivity contribution is 5.77. The fraction of sp³-hybridized carbons (Fsp3) is 0.296. The molecular weight excluding hydrogens is 452 g/mol. The van der Waals surface area contributed by atoms with E-state index in [0.29, 0.717) is 39.7 Å². The topological polar surface area (TPSA) is 115 Å². The molecule has 4 atom stereocenters. The van der Waals surface area contributed by atoms with E-state index < -0.39 is 35.1 Å². The Balaban J connectivity index is 1.87. The van der Waals surface area contributed by atoms with E-state index in [4.69, 9.17) is 18.9 Å². The van der Waals surface area contributed by atoms with Gasteiger partial charge in [-0.05, 0) is 23.3 Å². The van der Waals surface area contributed by atoms with Crippen molar-refractivity contribution < 1.29 is 39.1 Å². The molecule has 0 amide bonds. The molecule has 5 rings (SSSR count). The third kappa shape index (κ3) is 3.17. The van der Waals surface area contributed by atoms with E-state index in [-0.39, 0.29) is 0 Å². The summed E-state index contributed by atoms with van der Waals surface area (Å²) in [5.41, 5.74) is 0.0659. The zero-order valence-corrected chi connectivity index (χ0v) is 19.5. The molecule has 8 nitrogen and oxygen atoms in total. The Morgan fingerprint density at radius 3 is 2.11 bits per heavy atom. The van der Waals surface area contributed by atoms with Crippen molar-refractivity contribution in [3.05, 3.63) is 83.4 Å². The summed E-state index contributed by atoms with van der Waals surface area (Å²) in [4.78, 5) is 12.6. The van der Waals surface area contributed by atoms with Crippen molar-refractivity contribution in [3.63, 3.8) is 0 Å². The number of fused-ring (bicyclic) bond motifs is 3. The van der Waals surface area contributed by atoms with Crippen molar-refractivity contribution in [1.82, 2.24) is 0 Å². The van der Waals surface area contributed by atoms with Gasteiger partial charge in [0.25, 0.3) is 0 Å². The third-order valence-electron chi connectivity index (χ3n) is 7.17. The molecule has 3 aromatic rings. The van der Waals surface area contributed by atoms with Gasteiger partial charge in [0, 0.05) is 23.6 Å². The lowest BCUT2D eigenvalue weighted by Gasteiger charge is -2.36. The molecule has 35 heavy (non-hydrogen) atoms. The first-order valence-electron chi connectivity index (χ1n) is 11.1. The maximum atomic E-state index is 12.6. The minimum absolute atomic E-state index is 0.310. The maximum absolute atomic E-state index is 12.6. The summed E-state index contributed by atoms with van der Waals surface area (Å²) in [7, 11) is 4.51. The Hall–Kier alpha value is -3.75. The number of carboxylic acid groups (broad SMARTS) is 1. The van der Waals surface area contributed by atoms with Gasteiger partial charge in [0.05, 0.1) is 27.2 Å². The molecule has 0 spiro atoms. The number of ether oxygens (including phenoxy) is 4. The van der Waals surface area contributed by atoms with Gasteiger partial charge in [-0.3, -0.25) is 4.79 Å². The quantitative estimate of drug-likeness (QED) is 0.463. The average Bonchev–Trinajstić information content (AvgIpc) is 3.32. The number of rotatable bonds is 6. The Kier molecular flexibility index (Phi) is 5.38. The number of carbonyl (C=O) groups is 1. The predicted octanol–water partition coefficient (Wildman–Crippen LogP) is 3.26. The monoisotopic (exact) mass is 478 g/mol. The van der Waals surface area contributed by atoms with Crippen molar-refractivity contribution in [2.45, 2.75) is 23.2 Å². The lowest BCUT2D eigenvalue weighted by atomic mass is 9.73. The molecule has 0 radical (unpaired) electrons. The molecule has 3 N–H and O–H groups in total.